The predicted octanol–water partition coefficient (Wildman–Crippen LogP) is 2.60. The van der Waals surface area contributed by atoms with Gasteiger partial charge >= 0.3 is 0 Å². The Labute approximate surface area is 147 Å². The Balaban J connectivity index is 1.59. The van der Waals surface area contributed by atoms with Crippen LogP contribution in [0.1, 0.15) is 12.5 Å². The lowest BCUT2D eigenvalue weighted by Gasteiger charge is -2.07. The van der Waals surface area contributed by atoms with Crippen LogP contribution in [0.5, 0.6) is 11.5 Å². The summed E-state index contributed by atoms with van der Waals surface area (Å²) in [6, 6.07) is 11.7. The highest BCUT2D eigenvalue weighted by Gasteiger charge is 2.16. The molecule has 3 rings (SSSR count). The molecule has 4 N–H and O–H groups in total. The maximum absolute atomic E-state index is 12.1. The Hall–Kier alpha value is -3.00. The van der Waals surface area contributed by atoms with E-state index in [0.717, 1.165) is 11.0 Å². The van der Waals surface area contributed by atoms with Gasteiger partial charge in [0.25, 0.3) is 5.91 Å². The third-order valence-corrected chi connectivity index (χ3v) is 4.40. The number of carbonyl (C=O) groups is 1. The van der Waals surface area contributed by atoms with Crippen molar-refractivity contribution >= 4 is 34.9 Å². The Morgan fingerprint density at radius 2 is 2.12 bits per heavy atom. The highest BCUT2D eigenvalue weighted by Crippen LogP contribution is 2.23. The molecule has 0 bridgehead atoms. The average Bonchev–Trinajstić information content (AvgIpc) is 2.98. The molecule has 0 radical (unpaired) electrons. The fourth-order valence-electron chi connectivity index (χ4n) is 2.10. The number of amides is 1. The molecule has 1 heterocycles. The van der Waals surface area contributed by atoms with E-state index in [9.17, 15) is 15.0 Å². The van der Waals surface area contributed by atoms with Gasteiger partial charge in [0.1, 0.15) is 11.5 Å². The lowest BCUT2D eigenvalue weighted by molar-refractivity contribution is -0.120. The van der Waals surface area contributed by atoms with E-state index in [4.69, 9.17) is 0 Å². The highest BCUT2D eigenvalue weighted by molar-refractivity contribution is 8.00. The number of rotatable bonds is 5. The lowest BCUT2D eigenvalue weighted by atomic mass is 10.2. The van der Waals surface area contributed by atoms with Gasteiger partial charge < -0.3 is 15.2 Å². The third kappa shape index (κ3) is 4.10. The Morgan fingerprint density at radius 1 is 1.32 bits per heavy atom. The molecule has 0 unspecified atom stereocenters. The van der Waals surface area contributed by atoms with Crippen LogP contribution in [0.4, 0.5) is 0 Å². The first-order valence-corrected chi connectivity index (χ1v) is 8.37. The molecular formula is C17H16N4O3S. The van der Waals surface area contributed by atoms with Crippen molar-refractivity contribution in [3.8, 4) is 11.5 Å². The van der Waals surface area contributed by atoms with Crippen molar-refractivity contribution in [1.82, 2.24) is 15.4 Å². The summed E-state index contributed by atoms with van der Waals surface area (Å²) < 4.78 is 0. The maximum atomic E-state index is 12.1. The van der Waals surface area contributed by atoms with Crippen molar-refractivity contribution in [2.45, 2.75) is 17.3 Å². The molecule has 0 aliphatic heterocycles. The minimum Gasteiger partial charge on any atom is -0.508 e. The van der Waals surface area contributed by atoms with Crippen LogP contribution >= 0.6 is 11.8 Å². The third-order valence-electron chi connectivity index (χ3n) is 3.42. The Bertz CT molecular complexity index is 906. The first-order chi connectivity index (χ1) is 12.0. The van der Waals surface area contributed by atoms with Gasteiger partial charge in [-0.15, -0.1) is 0 Å². The van der Waals surface area contributed by atoms with Crippen molar-refractivity contribution in [2.24, 2.45) is 5.10 Å². The summed E-state index contributed by atoms with van der Waals surface area (Å²) in [5, 5.41) is 23.0. The number of benzene rings is 2. The minimum absolute atomic E-state index is 0.0467. The van der Waals surface area contributed by atoms with Gasteiger partial charge in [-0.05, 0) is 31.2 Å². The van der Waals surface area contributed by atoms with Crippen LogP contribution in [0.15, 0.2) is 52.7 Å². The number of phenolic OH excluding ortho intramolecular Hbond substituents is 2. The molecule has 1 atom stereocenters. The van der Waals surface area contributed by atoms with E-state index < -0.39 is 5.25 Å². The van der Waals surface area contributed by atoms with E-state index in [1.165, 1.54) is 36.2 Å². The number of thioether (sulfide) groups is 1. The first-order valence-electron chi connectivity index (χ1n) is 7.49. The molecule has 0 spiro atoms. The number of imidazole rings is 1. The molecule has 0 saturated carbocycles. The summed E-state index contributed by atoms with van der Waals surface area (Å²) >= 11 is 1.29. The van der Waals surface area contributed by atoms with Gasteiger partial charge in [0.05, 0.1) is 22.5 Å². The van der Waals surface area contributed by atoms with E-state index in [1.54, 1.807) is 6.92 Å². The molecule has 0 aliphatic rings. The van der Waals surface area contributed by atoms with E-state index in [1.807, 2.05) is 24.3 Å². The Morgan fingerprint density at radius 3 is 2.88 bits per heavy atom. The van der Waals surface area contributed by atoms with Crippen molar-refractivity contribution in [3.63, 3.8) is 0 Å². The van der Waals surface area contributed by atoms with E-state index in [0.29, 0.717) is 10.7 Å². The van der Waals surface area contributed by atoms with Gasteiger partial charge in [-0.1, -0.05) is 23.9 Å². The molecule has 3 aromatic rings. The number of aromatic hydroxyl groups is 2. The molecule has 25 heavy (non-hydrogen) atoms. The Kier molecular flexibility index (Phi) is 4.90. The number of H-pyrrole nitrogens is 1. The van der Waals surface area contributed by atoms with Crippen LogP contribution < -0.4 is 5.43 Å². The van der Waals surface area contributed by atoms with Crippen LogP contribution in [0.2, 0.25) is 0 Å². The van der Waals surface area contributed by atoms with Crippen LogP contribution in [0.3, 0.4) is 0 Å². The summed E-state index contributed by atoms with van der Waals surface area (Å²) in [5.41, 5.74) is 4.57. The number of para-hydroxylation sites is 2. The zero-order chi connectivity index (χ0) is 17.8. The number of nitrogens with zero attached hydrogens (tertiary/aromatic N) is 2. The fourth-order valence-corrected chi connectivity index (χ4v) is 2.92. The van der Waals surface area contributed by atoms with Crippen molar-refractivity contribution in [1.29, 1.82) is 0 Å². The molecule has 1 amide bonds. The van der Waals surface area contributed by atoms with Gasteiger partial charge in [0.15, 0.2) is 5.16 Å². The second-order valence-electron chi connectivity index (χ2n) is 5.30. The molecule has 128 valence electrons. The smallest absolute Gasteiger partial charge is 0.253 e. The van der Waals surface area contributed by atoms with Crippen molar-refractivity contribution < 1.29 is 15.0 Å². The van der Waals surface area contributed by atoms with Gasteiger partial charge in [-0.25, -0.2) is 10.4 Å². The molecule has 2 aromatic carbocycles. The second-order valence-corrected chi connectivity index (χ2v) is 6.63. The summed E-state index contributed by atoms with van der Waals surface area (Å²) in [4.78, 5) is 19.7. The normalized spacial score (nSPS) is 12.5. The van der Waals surface area contributed by atoms with Crippen LogP contribution in [0.25, 0.3) is 11.0 Å². The van der Waals surface area contributed by atoms with E-state index >= 15 is 0 Å². The van der Waals surface area contributed by atoms with Gasteiger partial charge in [0, 0.05) is 11.6 Å². The number of nitrogens with one attached hydrogen (secondary N) is 2. The SMILES string of the molecule is C[C@@H](Sc1nc2ccccc2[nH]1)C(=O)N/N=C\c1ccc(O)cc1O. The minimum atomic E-state index is -0.411. The summed E-state index contributed by atoms with van der Waals surface area (Å²) in [6.45, 7) is 1.75. The van der Waals surface area contributed by atoms with Gasteiger partial charge in [-0.2, -0.15) is 5.10 Å². The number of hydrazone groups is 1. The van der Waals surface area contributed by atoms with E-state index in [2.05, 4.69) is 20.5 Å². The average molecular weight is 356 g/mol. The topological polar surface area (TPSA) is 111 Å². The molecule has 1 aromatic heterocycles. The first kappa shape index (κ1) is 16.8. The maximum Gasteiger partial charge on any atom is 0.253 e. The number of hydrogen-bond donors (Lipinski definition) is 4. The zero-order valence-electron chi connectivity index (χ0n) is 13.3. The number of carbonyl (C=O) groups excluding carboxylic acids is 1. The lowest BCUT2D eigenvalue weighted by Crippen LogP contribution is -2.26. The van der Waals surface area contributed by atoms with Crippen LogP contribution in [-0.4, -0.2) is 37.6 Å². The van der Waals surface area contributed by atoms with E-state index in [-0.39, 0.29) is 17.4 Å². The zero-order valence-corrected chi connectivity index (χ0v) is 14.1. The standard InChI is InChI=1S/C17H16N4O3S/c1-10(25-17-19-13-4-2-3-5-14(13)20-17)16(24)21-18-9-11-6-7-12(22)8-15(11)23/h2-10,22-23H,1H3,(H,19,20)(H,21,24)/b18-9-/t10-/m1/s1. The molecule has 0 aliphatic carbocycles. The second kappa shape index (κ2) is 7.27. The number of fused-ring (bicyclic) bond motifs is 1. The highest BCUT2D eigenvalue weighted by atomic mass is 32.2. The van der Waals surface area contributed by atoms with Crippen molar-refractivity contribution in [2.75, 3.05) is 0 Å². The summed E-state index contributed by atoms with van der Waals surface area (Å²) in [6.07, 6.45) is 1.31. The number of aromatic nitrogens is 2. The van der Waals surface area contributed by atoms with Gasteiger partial charge in [0.2, 0.25) is 0 Å². The quantitative estimate of drug-likeness (QED) is 0.319. The summed E-state index contributed by atoms with van der Waals surface area (Å²) in [7, 11) is 0. The number of phenols is 2. The molecular weight excluding hydrogens is 340 g/mol. The van der Waals surface area contributed by atoms with Gasteiger partial charge in [-0.3, -0.25) is 4.79 Å². The van der Waals surface area contributed by atoms with Crippen LogP contribution in [0, 0.1) is 0 Å². The number of hydrogen-bond acceptors (Lipinski definition) is 6. The monoisotopic (exact) mass is 356 g/mol. The van der Waals surface area contributed by atoms with Crippen molar-refractivity contribution in [3.05, 3.63) is 48.0 Å². The summed E-state index contributed by atoms with van der Waals surface area (Å²) in [5.74, 6) is -0.461. The predicted molar refractivity (Wildman–Crippen MR) is 96.9 cm³/mol. The molecule has 0 fully saturated rings. The number of aromatic amines is 1. The largest absolute Gasteiger partial charge is 0.508 e. The molecule has 7 nitrogen and oxygen atoms in total. The molecule has 8 heteroatoms. The van der Waals surface area contributed by atoms with Crippen LogP contribution in [-0.2, 0) is 4.79 Å². The molecule has 0 saturated heterocycles. The fraction of sp³-hybridized carbons (Fsp3) is 0.118.